The van der Waals surface area contributed by atoms with Crippen molar-refractivity contribution in [1.29, 1.82) is 0 Å². The lowest BCUT2D eigenvalue weighted by Crippen LogP contribution is -2.55. The van der Waals surface area contributed by atoms with E-state index < -0.39 is 0 Å². The summed E-state index contributed by atoms with van der Waals surface area (Å²) in [5.74, 6) is 1.89. The maximum atomic E-state index is 7.23. The van der Waals surface area contributed by atoms with Crippen LogP contribution in [-0.2, 0) is 4.74 Å². The fraction of sp³-hybridized carbons (Fsp3) is 0.588. The Kier molecular flexibility index (Phi) is 6.87. The zero-order chi connectivity index (χ0) is 25.7. The van der Waals surface area contributed by atoms with Gasteiger partial charge in [-0.1, -0.05) is 62.1 Å². The average Bonchev–Trinajstić information content (AvgIpc) is 3.61. The molecular formula is C34H45NOS. The third kappa shape index (κ3) is 4.15. The van der Waals surface area contributed by atoms with Crippen molar-refractivity contribution in [1.82, 2.24) is 5.32 Å². The molecule has 1 aromatic carbocycles. The van der Waals surface area contributed by atoms with E-state index in [1.54, 1.807) is 5.57 Å². The normalized spacial score (nSPS) is 39.7. The first kappa shape index (κ1) is 25.7. The average molecular weight is 516 g/mol. The van der Waals surface area contributed by atoms with Crippen molar-refractivity contribution in [2.45, 2.75) is 99.9 Å². The van der Waals surface area contributed by atoms with Crippen LogP contribution in [0.15, 0.2) is 54.2 Å². The molecule has 2 saturated carbocycles. The van der Waals surface area contributed by atoms with Gasteiger partial charge < -0.3 is 10.1 Å². The number of rotatable bonds is 3. The second-order valence-corrected chi connectivity index (χ2v) is 13.4. The smallest absolute Gasteiger partial charge is 0.0982 e. The number of allylic oxidation sites excluding steroid dienone is 2. The van der Waals surface area contributed by atoms with Gasteiger partial charge >= 0.3 is 0 Å². The number of benzene rings is 1. The molecule has 198 valence electrons. The van der Waals surface area contributed by atoms with Crippen molar-refractivity contribution in [3.63, 3.8) is 0 Å². The summed E-state index contributed by atoms with van der Waals surface area (Å²) in [6.07, 6.45) is 23.6. The maximum Gasteiger partial charge on any atom is 0.0982 e. The minimum absolute atomic E-state index is 0.0322. The van der Waals surface area contributed by atoms with E-state index in [0.29, 0.717) is 11.8 Å². The predicted molar refractivity (Wildman–Crippen MR) is 160 cm³/mol. The van der Waals surface area contributed by atoms with Crippen LogP contribution in [0.5, 0.6) is 0 Å². The van der Waals surface area contributed by atoms with Gasteiger partial charge in [0.15, 0.2) is 0 Å². The Labute approximate surface area is 230 Å². The molecule has 37 heavy (non-hydrogen) atoms. The van der Waals surface area contributed by atoms with Gasteiger partial charge in [0.1, 0.15) is 0 Å². The van der Waals surface area contributed by atoms with Crippen LogP contribution < -0.4 is 5.32 Å². The molecule has 6 aliphatic rings. The highest BCUT2D eigenvalue weighted by Crippen LogP contribution is 2.67. The van der Waals surface area contributed by atoms with Gasteiger partial charge in [-0.2, -0.15) is 12.6 Å². The second kappa shape index (κ2) is 9.88. The van der Waals surface area contributed by atoms with Gasteiger partial charge in [0.25, 0.3) is 0 Å². The van der Waals surface area contributed by atoms with Crippen molar-refractivity contribution in [3.05, 3.63) is 70.8 Å². The van der Waals surface area contributed by atoms with Crippen LogP contribution in [0.4, 0.5) is 0 Å². The summed E-state index contributed by atoms with van der Waals surface area (Å²) in [5, 5.41) is 3.27. The zero-order valence-electron chi connectivity index (χ0n) is 22.9. The number of thiol groups is 1. The van der Waals surface area contributed by atoms with Gasteiger partial charge in [-0.25, -0.2) is 0 Å². The number of ether oxygens (including phenoxy) is 1. The number of fused-ring (bicyclic) bond motifs is 1. The summed E-state index contributed by atoms with van der Waals surface area (Å²) in [6.45, 7) is 10.9. The molecule has 3 heterocycles. The summed E-state index contributed by atoms with van der Waals surface area (Å²) >= 11 is 5.52. The van der Waals surface area contributed by atoms with E-state index in [1.807, 2.05) is 6.08 Å². The summed E-state index contributed by atoms with van der Waals surface area (Å²) in [6, 6.07) is 6.96. The fourth-order valence-corrected chi connectivity index (χ4v) is 9.30. The minimum atomic E-state index is -0.0955. The van der Waals surface area contributed by atoms with E-state index in [0.717, 1.165) is 12.3 Å². The van der Waals surface area contributed by atoms with Crippen LogP contribution in [0.25, 0.3) is 12.2 Å². The highest BCUT2D eigenvalue weighted by molar-refractivity contribution is 7.82. The van der Waals surface area contributed by atoms with Crippen LogP contribution in [0.3, 0.4) is 0 Å². The lowest BCUT2D eigenvalue weighted by molar-refractivity contribution is -0.116. The number of hydrogen-bond acceptors (Lipinski definition) is 3. The van der Waals surface area contributed by atoms with Crippen LogP contribution >= 0.6 is 12.6 Å². The molecule has 1 aromatic rings. The Hall–Kier alpha value is -1.55. The van der Waals surface area contributed by atoms with Crippen molar-refractivity contribution >= 4 is 24.8 Å². The van der Waals surface area contributed by atoms with Crippen LogP contribution in [-0.4, -0.2) is 29.0 Å². The molecule has 0 aromatic heterocycles. The summed E-state index contributed by atoms with van der Waals surface area (Å²) in [7, 11) is 0. The van der Waals surface area contributed by atoms with Crippen molar-refractivity contribution in [3.8, 4) is 0 Å². The summed E-state index contributed by atoms with van der Waals surface area (Å²) < 4.78 is 7.20. The van der Waals surface area contributed by atoms with E-state index in [-0.39, 0.29) is 15.9 Å². The molecule has 0 amide bonds. The molecule has 6 atom stereocenters. The summed E-state index contributed by atoms with van der Waals surface area (Å²) in [5.41, 5.74) is 6.93. The van der Waals surface area contributed by atoms with E-state index in [2.05, 4.69) is 68.2 Å². The largest absolute Gasteiger partial charge is 0.359 e. The van der Waals surface area contributed by atoms with Crippen LogP contribution in [0.1, 0.15) is 101 Å². The molecule has 3 aliphatic carbocycles. The van der Waals surface area contributed by atoms with E-state index in [9.17, 15) is 0 Å². The third-order valence-electron chi connectivity index (χ3n) is 10.5. The maximum absolute atomic E-state index is 7.23. The highest BCUT2D eigenvalue weighted by Gasteiger charge is 2.66. The van der Waals surface area contributed by atoms with Crippen LogP contribution in [0.2, 0.25) is 0 Å². The second-order valence-electron chi connectivity index (χ2n) is 12.6. The molecule has 0 radical (unpaired) electrons. The first-order valence-electron chi connectivity index (χ1n) is 14.9. The molecule has 7 rings (SSSR count). The lowest BCUT2D eigenvalue weighted by atomic mass is 9.65. The molecule has 2 nitrogen and oxygen atoms in total. The van der Waals surface area contributed by atoms with Crippen molar-refractivity contribution < 1.29 is 4.74 Å². The molecule has 2 spiro atoms. The Morgan fingerprint density at radius 2 is 2.00 bits per heavy atom. The van der Waals surface area contributed by atoms with Gasteiger partial charge in [0, 0.05) is 10.7 Å². The van der Waals surface area contributed by atoms with Crippen LogP contribution in [0, 0.1) is 11.8 Å². The van der Waals surface area contributed by atoms with Gasteiger partial charge in [-0.15, -0.1) is 0 Å². The van der Waals surface area contributed by atoms with Gasteiger partial charge in [-0.05, 0) is 124 Å². The molecule has 1 N–H and O–H groups in total. The molecule has 4 unspecified atom stereocenters. The lowest BCUT2D eigenvalue weighted by Gasteiger charge is -2.53. The molecule has 2 bridgehead atoms. The van der Waals surface area contributed by atoms with Gasteiger partial charge in [0.2, 0.25) is 0 Å². The van der Waals surface area contributed by atoms with E-state index in [1.165, 1.54) is 93.1 Å². The SMILES string of the molecule is C=Cc1cc(C2CCC3C2(S)CC=C2C=C4CCCC[C@]45CC[C@@]23O5)ccc1/C=C\C.CC1CCNC1. The quantitative estimate of drug-likeness (QED) is 0.395. The van der Waals surface area contributed by atoms with Gasteiger partial charge in [0.05, 0.1) is 11.2 Å². The number of hydrogen-bond donors (Lipinski definition) is 2. The van der Waals surface area contributed by atoms with E-state index >= 15 is 0 Å². The third-order valence-corrected chi connectivity index (χ3v) is 11.3. The molecule has 3 heteroatoms. The topological polar surface area (TPSA) is 21.3 Å². The molecule has 3 aliphatic heterocycles. The standard InChI is InChI=1S/C29H34OS.C5H11N/c1-3-7-21-9-10-22(18-20(21)4-2)25-11-12-26-28-17-16-27(30-28)14-6-5-8-23(27)19-24(28)13-15-29(25,26)31;1-5-2-3-6-4-5/h3-4,7,9-10,13,18-19,25-26,31H,2,5-6,8,11-12,14-17H2,1H3;5-6H,2-4H2,1H3/b7-3-;/t25?,26?,27-,28+,29?;/m0./s1. The van der Waals surface area contributed by atoms with Gasteiger partial charge in [-0.3, -0.25) is 0 Å². The fourth-order valence-electron chi connectivity index (χ4n) is 8.59. The molecular weight excluding hydrogens is 470 g/mol. The Bertz CT molecular complexity index is 1140. The van der Waals surface area contributed by atoms with Crippen molar-refractivity contribution in [2.75, 3.05) is 13.1 Å². The summed E-state index contributed by atoms with van der Waals surface area (Å²) in [4.78, 5) is 0. The zero-order valence-corrected chi connectivity index (χ0v) is 23.8. The monoisotopic (exact) mass is 515 g/mol. The Morgan fingerprint density at radius 1 is 1.11 bits per heavy atom. The molecule has 4 fully saturated rings. The predicted octanol–water partition coefficient (Wildman–Crippen LogP) is 8.27. The first-order chi connectivity index (χ1) is 17.9. The Morgan fingerprint density at radius 3 is 2.73 bits per heavy atom. The van der Waals surface area contributed by atoms with Crippen molar-refractivity contribution in [2.24, 2.45) is 11.8 Å². The number of nitrogens with one attached hydrogen (secondary N) is 1. The Balaban J connectivity index is 0.000000372. The first-order valence-corrected chi connectivity index (χ1v) is 15.3. The highest BCUT2D eigenvalue weighted by atomic mass is 32.1. The van der Waals surface area contributed by atoms with E-state index in [4.69, 9.17) is 17.4 Å². The molecule has 2 saturated heterocycles. The minimum Gasteiger partial charge on any atom is -0.359 e.